The number of carbonyl (C=O) groups is 2. The van der Waals surface area contributed by atoms with Crippen LogP contribution >= 0.6 is 23.4 Å². The molecule has 8 heteroatoms. The molecule has 4 rings (SSSR count). The van der Waals surface area contributed by atoms with E-state index in [-0.39, 0.29) is 5.91 Å². The van der Waals surface area contributed by atoms with Crippen LogP contribution in [0.25, 0.3) is 17.4 Å². The van der Waals surface area contributed by atoms with Crippen LogP contribution in [0.2, 0.25) is 5.02 Å². The summed E-state index contributed by atoms with van der Waals surface area (Å²) >= 11 is 7.50. The number of thioether (sulfide) groups is 1. The van der Waals surface area contributed by atoms with Crippen molar-refractivity contribution in [3.8, 4) is 11.3 Å². The normalized spacial score (nSPS) is 16.1. The molecule has 2 aromatic carbocycles. The number of benzene rings is 2. The van der Waals surface area contributed by atoms with Crippen molar-refractivity contribution in [3.63, 3.8) is 0 Å². The van der Waals surface area contributed by atoms with Crippen LogP contribution in [0.4, 0.5) is 5.69 Å². The third-order valence-corrected chi connectivity index (χ3v) is 5.43. The molecule has 1 fully saturated rings. The number of amidine groups is 1. The SMILES string of the molecule is COC(=O)c1ccc(Cl)c(-c2ccc(/C=C3\SC(=Nc4ccccc4)NC3=O)o2)c1. The van der Waals surface area contributed by atoms with E-state index in [0.717, 1.165) is 5.69 Å². The van der Waals surface area contributed by atoms with Crippen LogP contribution in [0.15, 0.2) is 75.0 Å². The molecule has 0 radical (unpaired) electrons. The summed E-state index contributed by atoms with van der Waals surface area (Å²) in [4.78, 5) is 28.9. The molecule has 150 valence electrons. The summed E-state index contributed by atoms with van der Waals surface area (Å²) in [5.74, 6) is 0.228. The number of halogens is 1. The summed E-state index contributed by atoms with van der Waals surface area (Å²) in [6.45, 7) is 0. The maximum atomic E-state index is 12.3. The Morgan fingerprint density at radius 3 is 2.73 bits per heavy atom. The number of amides is 1. The molecule has 1 aliphatic heterocycles. The second-order valence-corrected chi connectivity index (χ2v) is 7.64. The lowest BCUT2D eigenvalue weighted by Crippen LogP contribution is -2.19. The summed E-state index contributed by atoms with van der Waals surface area (Å²) in [6, 6.07) is 17.6. The highest BCUT2D eigenvalue weighted by Gasteiger charge is 2.24. The average Bonchev–Trinajstić information content (AvgIpc) is 3.35. The van der Waals surface area contributed by atoms with E-state index in [1.165, 1.54) is 18.9 Å². The highest BCUT2D eigenvalue weighted by atomic mass is 35.5. The topological polar surface area (TPSA) is 80.9 Å². The molecular formula is C22H15ClN2O4S. The summed E-state index contributed by atoms with van der Waals surface area (Å²) in [6.07, 6.45) is 1.63. The van der Waals surface area contributed by atoms with Gasteiger partial charge in [-0.25, -0.2) is 9.79 Å². The maximum absolute atomic E-state index is 12.3. The Morgan fingerprint density at radius 2 is 1.97 bits per heavy atom. The lowest BCUT2D eigenvalue weighted by Gasteiger charge is -2.04. The van der Waals surface area contributed by atoms with Gasteiger partial charge in [-0.05, 0) is 54.2 Å². The van der Waals surface area contributed by atoms with Crippen molar-refractivity contribution >= 4 is 52.2 Å². The first-order valence-electron chi connectivity index (χ1n) is 8.86. The van der Waals surface area contributed by atoms with E-state index in [0.29, 0.717) is 37.7 Å². The second-order valence-electron chi connectivity index (χ2n) is 6.21. The molecule has 0 spiro atoms. The van der Waals surface area contributed by atoms with Gasteiger partial charge in [-0.15, -0.1) is 0 Å². The minimum atomic E-state index is -0.467. The summed E-state index contributed by atoms with van der Waals surface area (Å²) in [5.41, 5.74) is 1.67. The molecule has 3 aromatic rings. The Morgan fingerprint density at radius 1 is 1.17 bits per heavy atom. The number of esters is 1. The first-order chi connectivity index (χ1) is 14.5. The van der Waals surface area contributed by atoms with Crippen molar-refractivity contribution in [1.29, 1.82) is 0 Å². The fourth-order valence-electron chi connectivity index (χ4n) is 2.76. The van der Waals surface area contributed by atoms with E-state index in [2.05, 4.69) is 10.3 Å². The highest BCUT2D eigenvalue weighted by Crippen LogP contribution is 2.33. The maximum Gasteiger partial charge on any atom is 0.337 e. The molecular weight excluding hydrogens is 424 g/mol. The zero-order chi connectivity index (χ0) is 21.1. The Bertz CT molecular complexity index is 1180. The van der Waals surface area contributed by atoms with Gasteiger partial charge in [-0.3, -0.25) is 4.79 Å². The van der Waals surface area contributed by atoms with Crippen LogP contribution in [0.3, 0.4) is 0 Å². The lowest BCUT2D eigenvalue weighted by molar-refractivity contribution is -0.115. The number of hydrogen-bond acceptors (Lipinski definition) is 6. The molecule has 1 aromatic heterocycles. The molecule has 0 bridgehead atoms. The third kappa shape index (κ3) is 4.32. The number of furan rings is 1. The van der Waals surface area contributed by atoms with Crippen molar-refractivity contribution in [3.05, 3.63) is 81.9 Å². The summed E-state index contributed by atoms with van der Waals surface area (Å²) in [7, 11) is 1.31. The monoisotopic (exact) mass is 438 g/mol. The van der Waals surface area contributed by atoms with Crippen LogP contribution in [0, 0.1) is 0 Å². The number of para-hydroxylation sites is 1. The van der Waals surface area contributed by atoms with E-state index in [9.17, 15) is 9.59 Å². The van der Waals surface area contributed by atoms with Crippen molar-refractivity contribution in [2.75, 3.05) is 7.11 Å². The zero-order valence-corrected chi connectivity index (χ0v) is 17.3. The molecule has 2 heterocycles. The number of nitrogens with zero attached hydrogens (tertiary/aromatic N) is 1. The molecule has 0 unspecified atom stereocenters. The molecule has 0 saturated carbocycles. The molecule has 1 N–H and O–H groups in total. The van der Waals surface area contributed by atoms with Crippen LogP contribution in [-0.2, 0) is 9.53 Å². The number of methoxy groups -OCH3 is 1. The molecule has 1 aliphatic rings. The lowest BCUT2D eigenvalue weighted by atomic mass is 10.1. The van der Waals surface area contributed by atoms with Gasteiger partial charge in [0.15, 0.2) is 5.17 Å². The van der Waals surface area contributed by atoms with Gasteiger partial charge in [-0.2, -0.15) is 0 Å². The highest BCUT2D eigenvalue weighted by molar-refractivity contribution is 8.18. The molecule has 0 aliphatic carbocycles. The van der Waals surface area contributed by atoms with E-state index >= 15 is 0 Å². The van der Waals surface area contributed by atoms with Crippen molar-refractivity contribution < 1.29 is 18.7 Å². The van der Waals surface area contributed by atoms with Gasteiger partial charge in [0.25, 0.3) is 5.91 Å². The van der Waals surface area contributed by atoms with Gasteiger partial charge in [0.2, 0.25) is 0 Å². The molecule has 6 nitrogen and oxygen atoms in total. The predicted octanol–water partition coefficient (Wildman–Crippen LogP) is 5.28. The van der Waals surface area contributed by atoms with Gasteiger partial charge in [0.05, 0.1) is 28.3 Å². The van der Waals surface area contributed by atoms with E-state index in [1.54, 1.807) is 36.4 Å². The average molecular weight is 439 g/mol. The van der Waals surface area contributed by atoms with Gasteiger partial charge < -0.3 is 14.5 Å². The molecule has 1 amide bonds. The number of nitrogens with one attached hydrogen (secondary N) is 1. The Balaban J connectivity index is 1.58. The first-order valence-corrected chi connectivity index (χ1v) is 10.1. The minimum Gasteiger partial charge on any atom is -0.465 e. The van der Waals surface area contributed by atoms with Crippen molar-refractivity contribution in [2.24, 2.45) is 4.99 Å². The number of aliphatic imine (C=N–C) groups is 1. The number of rotatable bonds is 4. The molecule has 1 saturated heterocycles. The predicted molar refractivity (Wildman–Crippen MR) is 118 cm³/mol. The zero-order valence-electron chi connectivity index (χ0n) is 15.7. The van der Waals surface area contributed by atoms with Crippen LogP contribution < -0.4 is 5.32 Å². The second kappa shape index (κ2) is 8.61. The first kappa shape index (κ1) is 20.0. The quantitative estimate of drug-likeness (QED) is 0.443. The van der Waals surface area contributed by atoms with Crippen LogP contribution in [0.5, 0.6) is 0 Å². The minimum absolute atomic E-state index is 0.252. The standard InChI is InChI=1S/C22H15ClN2O4S/c1-28-21(27)13-7-9-17(23)16(11-13)18-10-8-15(29-18)12-19-20(26)25-22(30-19)24-14-5-3-2-4-6-14/h2-12H,1H3,(H,24,25,26)/b19-12-. The van der Waals surface area contributed by atoms with Gasteiger partial charge in [0.1, 0.15) is 11.5 Å². The smallest absolute Gasteiger partial charge is 0.337 e. The van der Waals surface area contributed by atoms with Gasteiger partial charge >= 0.3 is 5.97 Å². The van der Waals surface area contributed by atoms with Gasteiger partial charge in [0, 0.05) is 11.6 Å². The van der Waals surface area contributed by atoms with E-state index < -0.39 is 5.97 Å². The largest absolute Gasteiger partial charge is 0.465 e. The fourth-order valence-corrected chi connectivity index (χ4v) is 3.80. The summed E-state index contributed by atoms with van der Waals surface area (Å²) in [5, 5.41) is 3.67. The number of ether oxygens (including phenoxy) is 1. The molecule has 0 atom stereocenters. The number of carbonyl (C=O) groups excluding carboxylic acids is 2. The Labute approximate surface area is 181 Å². The number of hydrogen-bond donors (Lipinski definition) is 1. The van der Waals surface area contributed by atoms with Crippen molar-refractivity contribution in [1.82, 2.24) is 5.32 Å². The Hall–Kier alpha value is -3.29. The fraction of sp³-hybridized carbons (Fsp3) is 0.0455. The third-order valence-electron chi connectivity index (χ3n) is 4.19. The van der Waals surface area contributed by atoms with Gasteiger partial charge in [-0.1, -0.05) is 29.8 Å². The van der Waals surface area contributed by atoms with Crippen molar-refractivity contribution in [2.45, 2.75) is 0 Å². The van der Waals surface area contributed by atoms with E-state index in [1.807, 2.05) is 30.3 Å². The Kier molecular flexibility index (Phi) is 5.74. The van der Waals surface area contributed by atoms with Crippen LogP contribution in [0.1, 0.15) is 16.1 Å². The van der Waals surface area contributed by atoms with E-state index in [4.69, 9.17) is 20.8 Å². The van der Waals surface area contributed by atoms with Crippen LogP contribution in [-0.4, -0.2) is 24.2 Å². The summed E-state index contributed by atoms with van der Waals surface area (Å²) < 4.78 is 10.6. The molecule has 30 heavy (non-hydrogen) atoms.